The molecule has 0 saturated heterocycles. The lowest BCUT2D eigenvalue weighted by molar-refractivity contribution is 0.628. The number of anilines is 1. The van der Waals surface area contributed by atoms with E-state index in [2.05, 4.69) is 24.9 Å². The van der Waals surface area contributed by atoms with E-state index in [9.17, 15) is 9.18 Å². The number of aryl methyl sites for hydroxylation is 2. The molecule has 1 atom stereocenters. The number of halogens is 1. The molecular formula is C28H32FN3O. The van der Waals surface area contributed by atoms with Crippen molar-refractivity contribution >= 4 is 16.6 Å². The van der Waals surface area contributed by atoms with Crippen LogP contribution in [-0.4, -0.2) is 16.1 Å². The van der Waals surface area contributed by atoms with Gasteiger partial charge in [0.1, 0.15) is 5.82 Å². The van der Waals surface area contributed by atoms with Gasteiger partial charge >= 0.3 is 0 Å². The Hall–Kier alpha value is -2.95. The minimum Gasteiger partial charge on any atom is -0.383 e. The lowest BCUT2D eigenvalue weighted by Crippen LogP contribution is -2.28. The number of hydrogen-bond acceptors (Lipinski definition) is 3. The van der Waals surface area contributed by atoms with Gasteiger partial charge in [-0.3, -0.25) is 4.79 Å². The Bertz CT molecular complexity index is 1370. The van der Waals surface area contributed by atoms with Gasteiger partial charge in [-0.25, -0.2) is 9.37 Å². The molecule has 172 valence electrons. The lowest BCUT2D eigenvalue weighted by atomic mass is 9.81. The van der Waals surface area contributed by atoms with E-state index in [4.69, 9.17) is 4.98 Å². The summed E-state index contributed by atoms with van der Waals surface area (Å²) in [6.45, 7) is 13.6. The van der Waals surface area contributed by atoms with Crippen molar-refractivity contribution in [2.75, 3.05) is 11.9 Å². The number of rotatable bonds is 2. The maximum Gasteiger partial charge on any atom is 0.254 e. The van der Waals surface area contributed by atoms with Gasteiger partial charge in [-0.2, -0.15) is 0 Å². The molecule has 2 aliphatic carbocycles. The van der Waals surface area contributed by atoms with E-state index >= 15 is 0 Å². The van der Waals surface area contributed by atoms with Crippen LogP contribution in [0.4, 0.5) is 10.1 Å². The van der Waals surface area contributed by atoms with E-state index in [0.717, 1.165) is 71.1 Å². The number of allylic oxidation sites excluding steroid dienone is 1. The van der Waals surface area contributed by atoms with Crippen LogP contribution >= 0.6 is 0 Å². The van der Waals surface area contributed by atoms with Gasteiger partial charge in [0.05, 0.1) is 29.1 Å². The van der Waals surface area contributed by atoms with Gasteiger partial charge < -0.3 is 9.88 Å². The molecule has 1 N–H and O–H groups in total. The fraction of sp³-hybridized carbons (Fsp3) is 0.429. The highest BCUT2D eigenvalue weighted by Gasteiger charge is 2.32. The van der Waals surface area contributed by atoms with Crippen LogP contribution in [0.3, 0.4) is 0 Å². The van der Waals surface area contributed by atoms with Crippen molar-refractivity contribution in [2.24, 2.45) is 0 Å². The zero-order valence-corrected chi connectivity index (χ0v) is 20.1. The number of pyridine rings is 2. The first-order valence-electron chi connectivity index (χ1n) is 12.3. The second kappa shape index (κ2) is 8.12. The summed E-state index contributed by atoms with van der Waals surface area (Å²) < 4.78 is 16.9. The quantitative estimate of drug-likeness (QED) is 0.378. The number of hydrogen-bond donors (Lipinski definition) is 1. The molecule has 1 aromatic carbocycles. The molecule has 1 unspecified atom stereocenters. The summed E-state index contributed by atoms with van der Waals surface area (Å²) in [6, 6.07) is 3.71. The van der Waals surface area contributed by atoms with Crippen LogP contribution in [0.5, 0.6) is 0 Å². The van der Waals surface area contributed by atoms with Gasteiger partial charge in [0.2, 0.25) is 0 Å². The van der Waals surface area contributed by atoms with Crippen molar-refractivity contribution in [1.82, 2.24) is 9.55 Å². The Balaban J connectivity index is 0.00000111. The number of nitrogens with one attached hydrogen (secondary N) is 1. The van der Waals surface area contributed by atoms with Crippen LogP contribution in [0, 0.1) is 5.82 Å². The van der Waals surface area contributed by atoms with Crippen LogP contribution in [0.25, 0.3) is 22.3 Å². The number of benzene rings is 1. The summed E-state index contributed by atoms with van der Waals surface area (Å²) in [4.78, 5) is 18.4. The van der Waals surface area contributed by atoms with Crippen molar-refractivity contribution in [2.45, 2.75) is 72.3 Å². The third-order valence-corrected chi connectivity index (χ3v) is 7.52. The number of fused-ring (bicyclic) bond motifs is 5. The maximum atomic E-state index is 15.0. The molecule has 4 nitrogen and oxygen atoms in total. The Kier molecular flexibility index (Phi) is 5.38. The van der Waals surface area contributed by atoms with E-state index in [1.165, 1.54) is 11.1 Å². The van der Waals surface area contributed by atoms with Crippen LogP contribution in [-0.2, 0) is 25.8 Å². The summed E-state index contributed by atoms with van der Waals surface area (Å²) in [6.07, 6.45) is 4.42. The highest BCUT2D eigenvalue weighted by molar-refractivity contribution is 5.95. The molecule has 0 spiro atoms. The van der Waals surface area contributed by atoms with Crippen molar-refractivity contribution in [3.63, 3.8) is 0 Å². The minimum atomic E-state index is -0.240. The molecule has 5 heteroatoms. The predicted octanol–water partition coefficient (Wildman–Crippen LogP) is 6.12. The summed E-state index contributed by atoms with van der Waals surface area (Å²) in [5.74, 6) is -0.0627. The normalized spacial score (nSPS) is 17.7. The minimum absolute atomic E-state index is 0.108. The topological polar surface area (TPSA) is 46.9 Å². The zero-order valence-electron chi connectivity index (χ0n) is 20.1. The van der Waals surface area contributed by atoms with Crippen LogP contribution in [0.15, 0.2) is 29.1 Å². The number of aromatic nitrogens is 2. The van der Waals surface area contributed by atoms with Gasteiger partial charge in [-0.15, -0.1) is 0 Å². The van der Waals surface area contributed by atoms with Crippen molar-refractivity contribution in [3.8, 4) is 11.4 Å². The first-order chi connectivity index (χ1) is 16.0. The molecule has 0 bridgehead atoms. The van der Waals surface area contributed by atoms with Gasteiger partial charge in [-0.1, -0.05) is 32.9 Å². The van der Waals surface area contributed by atoms with Gasteiger partial charge in [0.15, 0.2) is 0 Å². The molecule has 3 aromatic rings. The van der Waals surface area contributed by atoms with Crippen molar-refractivity contribution in [3.05, 3.63) is 68.3 Å². The molecule has 2 aromatic heterocycles. The van der Waals surface area contributed by atoms with Crippen molar-refractivity contribution < 1.29 is 4.39 Å². The molecule has 0 saturated carbocycles. The van der Waals surface area contributed by atoms with E-state index < -0.39 is 0 Å². The van der Waals surface area contributed by atoms with E-state index in [1.54, 1.807) is 6.07 Å². The summed E-state index contributed by atoms with van der Waals surface area (Å²) in [5, 5.41) is 4.31. The maximum absolute atomic E-state index is 15.0. The lowest BCUT2D eigenvalue weighted by Gasteiger charge is -2.25. The molecule has 3 aliphatic rings. The van der Waals surface area contributed by atoms with E-state index in [-0.39, 0.29) is 17.3 Å². The third-order valence-electron chi connectivity index (χ3n) is 7.52. The molecule has 6 rings (SSSR count). The smallest absolute Gasteiger partial charge is 0.254 e. The van der Waals surface area contributed by atoms with Crippen molar-refractivity contribution in [1.29, 1.82) is 0 Å². The SMILES string of the molecule is C=C1CCc2c(cc3n(c2=O)Cc2c-3nc3cc(F)c(NCC)c4c3c2CCC4)C1C.CC. The standard InChI is InChI=1S/C26H26FN3O.C2H6/c1-4-28-24-17-7-5-6-15-19-12-30-22(25(19)29-21(23(15)17)11-20(24)27)10-18-14(3)13(2)8-9-16(18)26(30)31;1-2/h10-11,14,28H,2,4-9,12H2,1,3H3;1-2H3. The van der Waals surface area contributed by atoms with E-state index in [1.807, 2.05) is 25.3 Å². The Morgan fingerprint density at radius 2 is 1.88 bits per heavy atom. The second-order valence-electron chi connectivity index (χ2n) is 9.14. The summed E-state index contributed by atoms with van der Waals surface area (Å²) in [7, 11) is 0. The molecule has 0 radical (unpaired) electrons. The number of nitrogens with zero attached hydrogens (tertiary/aromatic N) is 2. The van der Waals surface area contributed by atoms with Crippen LogP contribution in [0.1, 0.15) is 74.3 Å². The molecule has 3 heterocycles. The van der Waals surface area contributed by atoms with Crippen LogP contribution in [0.2, 0.25) is 0 Å². The summed E-state index contributed by atoms with van der Waals surface area (Å²) in [5.41, 5.74) is 9.80. The second-order valence-corrected chi connectivity index (χ2v) is 9.14. The molecule has 1 aliphatic heterocycles. The third kappa shape index (κ3) is 3.08. The largest absolute Gasteiger partial charge is 0.383 e. The Morgan fingerprint density at radius 3 is 2.64 bits per heavy atom. The average Bonchev–Trinajstić information content (AvgIpc) is 3.20. The predicted molar refractivity (Wildman–Crippen MR) is 134 cm³/mol. The molecule has 0 amide bonds. The van der Waals surface area contributed by atoms with Gasteiger partial charge in [0.25, 0.3) is 5.56 Å². The average molecular weight is 446 g/mol. The Morgan fingerprint density at radius 1 is 1.12 bits per heavy atom. The monoisotopic (exact) mass is 445 g/mol. The highest BCUT2D eigenvalue weighted by Crippen LogP contribution is 2.44. The van der Waals surface area contributed by atoms with Crippen LogP contribution < -0.4 is 10.9 Å². The first-order valence-corrected chi connectivity index (χ1v) is 12.3. The first kappa shape index (κ1) is 21.9. The van der Waals surface area contributed by atoms with Gasteiger partial charge in [0, 0.05) is 35.0 Å². The molecule has 0 fully saturated rings. The zero-order chi connectivity index (χ0) is 23.4. The highest BCUT2D eigenvalue weighted by atomic mass is 19.1. The fourth-order valence-electron chi connectivity index (χ4n) is 5.89. The summed E-state index contributed by atoms with van der Waals surface area (Å²) >= 11 is 0. The fourth-order valence-corrected chi connectivity index (χ4v) is 5.89. The molecule has 33 heavy (non-hydrogen) atoms. The van der Waals surface area contributed by atoms with Gasteiger partial charge in [-0.05, 0) is 61.8 Å². The Labute approximate surface area is 194 Å². The molecular weight excluding hydrogens is 413 g/mol. The van der Waals surface area contributed by atoms with E-state index in [0.29, 0.717) is 24.3 Å².